The zero-order chi connectivity index (χ0) is 24.8. The standard InChI is InChI=1S/C23H22N3O7PS/c27-21(15-7-3-1-4-8-15)24-19-11-12-26(23(29)25-19)20-13-17(18(35-20)14-32-34(30)31)33-22(28)16-9-5-2-6-10-16/h1-12,17-18,20,34H,13-14H2,(H,30,31)(H,24,25,27,29)/t17-,18-,20-/m1/s1. The van der Waals surface area contributed by atoms with Gasteiger partial charge in [0.25, 0.3) is 5.91 Å². The van der Waals surface area contributed by atoms with Gasteiger partial charge in [-0.15, -0.1) is 11.8 Å². The molecule has 0 bridgehead atoms. The van der Waals surface area contributed by atoms with E-state index in [9.17, 15) is 18.9 Å². The van der Waals surface area contributed by atoms with Gasteiger partial charge in [-0.05, 0) is 30.3 Å². The second-order valence-electron chi connectivity index (χ2n) is 7.57. The maximum Gasteiger partial charge on any atom is 0.350 e. The molecule has 1 aliphatic rings. The predicted octanol–water partition coefficient (Wildman–Crippen LogP) is 3.12. The summed E-state index contributed by atoms with van der Waals surface area (Å²) in [6.07, 6.45) is 1.10. The summed E-state index contributed by atoms with van der Waals surface area (Å²) in [6.45, 7) is -0.129. The van der Waals surface area contributed by atoms with Crippen LogP contribution in [0.5, 0.6) is 0 Å². The number of nitrogens with one attached hydrogen (secondary N) is 1. The minimum Gasteiger partial charge on any atom is -0.457 e. The van der Waals surface area contributed by atoms with Gasteiger partial charge in [0.15, 0.2) is 0 Å². The van der Waals surface area contributed by atoms with Gasteiger partial charge >= 0.3 is 19.9 Å². The Labute approximate surface area is 205 Å². The molecule has 0 saturated carbocycles. The number of thioether (sulfide) groups is 1. The van der Waals surface area contributed by atoms with Gasteiger partial charge in [-0.3, -0.25) is 13.9 Å². The van der Waals surface area contributed by atoms with Gasteiger partial charge in [0, 0.05) is 18.2 Å². The van der Waals surface area contributed by atoms with E-state index in [1.165, 1.54) is 28.6 Å². The van der Waals surface area contributed by atoms with Gasteiger partial charge < -0.3 is 19.5 Å². The van der Waals surface area contributed by atoms with Gasteiger partial charge in [-0.2, -0.15) is 4.98 Å². The molecule has 1 fully saturated rings. The van der Waals surface area contributed by atoms with Crippen molar-refractivity contribution in [2.45, 2.75) is 23.1 Å². The second kappa shape index (κ2) is 11.5. The summed E-state index contributed by atoms with van der Waals surface area (Å²) in [5.74, 6) is -0.827. The number of carbonyl (C=O) groups excluding carboxylic acids is 2. The summed E-state index contributed by atoms with van der Waals surface area (Å²) in [6, 6.07) is 18.5. The molecule has 0 aliphatic carbocycles. The molecule has 2 N–H and O–H groups in total. The van der Waals surface area contributed by atoms with Crippen LogP contribution in [0.3, 0.4) is 0 Å². The van der Waals surface area contributed by atoms with E-state index >= 15 is 0 Å². The van der Waals surface area contributed by atoms with Gasteiger partial charge in [-0.25, -0.2) is 9.59 Å². The number of esters is 1. The molecule has 1 aromatic heterocycles. The largest absolute Gasteiger partial charge is 0.457 e. The Morgan fingerprint density at radius 1 is 1.09 bits per heavy atom. The quantitative estimate of drug-likeness (QED) is 0.342. The number of aromatic nitrogens is 2. The number of benzene rings is 2. The molecular weight excluding hydrogens is 493 g/mol. The first-order chi connectivity index (χ1) is 16.9. The number of carbonyl (C=O) groups is 2. The smallest absolute Gasteiger partial charge is 0.350 e. The summed E-state index contributed by atoms with van der Waals surface area (Å²) in [5.41, 5.74) is 0.200. The summed E-state index contributed by atoms with van der Waals surface area (Å²) in [5, 5.41) is 1.66. The minimum absolute atomic E-state index is 0.105. The minimum atomic E-state index is -3.18. The van der Waals surface area contributed by atoms with Crippen molar-refractivity contribution >= 4 is 37.7 Å². The molecule has 1 unspecified atom stereocenters. The Bertz CT molecular complexity index is 1270. The van der Waals surface area contributed by atoms with Crippen LogP contribution in [-0.2, 0) is 13.8 Å². The van der Waals surface area contributed by atoms with Crippen LogP contribution in [0.4, 0.5) is 5.82 Å². The fraction of sp³-hybridized carbons (Fsp3) is 0.217. The molecule has 3 aromatic rings. The van der Waals surface area contributed by atoms with Crippen molar-refractivity contribution < 1.29 is 28.3 Å². The molecule has 1 aliphatic heterocycles. The van der Waals surface area contributed by atoms with E-state index < -0.39 is 42.5 Å². The molecular formula is C23H22N3O7PS. The van der Waals surface area contributed by atoms with Crippen LogP contribution in [0.25, 0.3) is 0 Å². The highest BCUT2D eigenvalue weighted by atomic mass is 32.2. The van der Waals surface area contributed by atoms with Gasteiger partial charge in [0.05, 0.1) is 22.8 Å². The van der Waals surface area contributed by atoms with Crippen LogP contribution in [0.2, 0.25) is 0 Å². The average Bonchev–Trinajstić information content (AvgIpc) is 3.26. The zero-order valence-electron chi connectivity index (χ0n) is 18.3. The fourth-order valence-corrected chi connectivity index (χ4v) is 5.49. The first kappa shape index (κ1) is 24.9. The number of nitrogens with zero attached hydrogens (tertiary/aromatic N) is 2. The lowest BCUT2D eigenvalue weighted by Gasteiger charge is -2.18. The van der Waals surface area contributed by atoms with Crippen LogP contribution in [-0.4, -0.2) is 44.3 Å². The maximum absolute atomic E-state index is 12.7. The van der Waals surface area contributed by atoms with Crippen molar-refractivity contribution in [2.24, 2.45) is 0 Å². The van der Waals surface area contributed by atoms with E-state index in [1.54, 1.807) is 60.7 Å². The monoisotopic (exact) mass is 515 g/mol. The zero-order valence-corrected chi connectivity index (χ0v) is 20.1. The van der Waals surface area contributed by atoms with Gasteiger partial charge in [0.2, 0.25) is 0 Å². The Hall–Kier alpha value is -3.24. The molecule has 2 heterocycles. The van der Waals surface area contributed by atoms with Crippen molar-refractivity contribution in [3.8, 4) is 0 Å². The Morgan fingerprint density at radius 3 is 2.37 bits per heavy atom. The van der Waals surface area contributed by atoms with Crippen molar-refractivity contribution in [1.82, 2.24) is 9.55 Å². The van der Waals surface area contributed by atoms with Crippen molar-refractivity contribution in [2.75, 3.05) is 11.9 Å². The summed E-state index contributed by atoms with van der Waals surface area (Å²) in [7, 11) is -3.18. The predicted molar refractivity (Wildman–Crippen MR) is 131 cm³/mol. The van der Waals surface area contributed by atoms with Crippen LogP contribution in [0.1, 0.15) is 32.5 Å². The van der Waals surface area contributed by atoms with Gasteiger partial charge in [0.1, 0.15) is 11.9 Å². The molecule has 0 spiro atoms. The lowest BCUT2D eigenvalue weighted by atomic mass is 10.1. The third-order valence-electron chi connectivity index (χ3n) is 5.24. The molecule has 4 rings (SSSR count). The lowest BCUT2D eigenvalue weighted by molar-refractivity contribution is 0.0261. The number of hydrogen-bond acceptors (Lipinski definition) is 8. The number of anilines is 1. The molecule has 1 saturated heterocycles. The van der Waals surface area contributed by atoms with E-state index in [1.807, 2.05) is 0 Å². The fourth-order valence-electron chi connectivity index (χ4n) is 3.56. The molecule has 2 aromatic carbocycles. The summed E-state index contributed by atoms with van der Waals surface area (Å²) >= 11 is 1.28. The Kier molecular flexibility index (Phi) is 8.14. The average molecular weight is 515 g/mol. The third kappa shape index (κ3) is 6.46. The van der Waals surface area contributed by atoms with E-state index in [4.69, 9.17) is 14.2 Å². The van der Waals surface area contributed by atoms with E-state index in [2.05, 4.69) is 10.3 Å². The first-order valence-electron chi connectivity index (χ1n) is 10.6. The molecule has 10 nitrogen and oxygen atoms in total. The van der Waals surface area contributed by atoms with Crippen molar-refractivity contribution in [1.29, 1.82) is 0 Å². The topological polar surface area (TPSA) is 137 Å². The molecule has 12 heteroatoms. The van der Waals surface area contributed by atoms with Crippen molar-refractivity contribution in [3.63, 3.8) is 0 Å². The number of hydrogen-bond donors (Lipinski definition) is 2. The molecule has 0 radical (unpaired) electrons. The number of rotatable bonds is 8. The second-order valence-corrected chi connectivity index (χ2v) is 9.82. The van der Waals surface area contributed by atoms with Crippen LogP contribution >= 0.6 is 20.0 Å². The van der Waals surface area contributed by atoms with E-state index in [-0.39, 0.29) is 18.8 Å². The van der Waals surface area contributed by atoms with Gasteiger partial charge in [-0.1, -0.05) is 36.4 Å². The highest BCUT2D eigenvalue weighted by Gasteiger charge is 2.39. The Balaban J connectivity index is 1.48. The van der Waals surface area contributed by atoms with E-state index in [0.717, 1.165) is 0 Å². The SMILES string of the molecule is O=C(Nc1ccn([C@H]2C[C@@H](OC(=O)c3ccccc3)[C@@H](CO[PH](=O)O)S2)c(=O)n1)c1ccccc1. The highest BCUT2D eigenvalue weighted by molar-refractivity contribution is 8.00. The first-order valence-corrected chi connectivity index (χ1v) is 12.8. The van der Waals surface area contributed by atoms with E-state index in [0.29, 0.717) is 11.1 Å². The Morgan fingerprint density at radius 2 is 1.74 bits per heavy atom. The summed E-state index contributed by atoms with van der Waals surface area (Å²) in [4.78, 5) is 50.7. The third-order valence-corrected chi connectivity index (χ3v) is 7.17. The number of ether oxygens (including phenoxy) is 1. The number of amides is 1. The molecule has 35 heavy (non-hydrogen) atoms. The summed E-state index contributed by atoms with van der Waals surface area (Å²) < 4.78 is 23.0. The van der Waals surface area contributed by atoms with Crippen LogP contribution in [0.15, 0.2) is 77.7 Å². The van der Waals surface area contributed by atoms with Crippen molar-refractivity contribution in [3.05, 3.63) is 94.5 Å². The normalized spacial score (nSPS) is 20.2. The molecule has 4 atom stereocenters. The molecule has 182 valence electrons. The molecule has 1 amide bonds. The van der Waals surface area contributed by atoms with Crippen LogP contribution in [0, 0.1) is 0 Å². The maximum atomic E-state index is 12.7. The highest BCUT2D eigenvalue weighted by Crippen LogP contribution is 2.43. The van der Waals surface area contributed by atoms with Crippen LogP contribution < -0.4 is 11.0 Å². The lowest BCUT2D eigenvalue weighted by Crippen LogP contribution is -2.29.